The number of benzene rings is 2. The lowest BCUT2D eigenvalue weighted by Crippen LogP contribution is -2.22. The molecule has 5 heteroatoms. The van der Waals surface area contributed by atoms with Crippen LogP contribution in [0.5, 0.6) is 0 Å². The fraction of sp³-hybridized carbons (Fsp3) is 0.0625. The molecule has 1 N–H and O–H groups in total. The number of fused-ring (bicyclic) bond motifs is 1. The first-order valence-corrected chi connectivity index (χ1v) is 7.17. The van der Waals surface area contributed by atoms with Crippen molar-refractivity contribution in [2.24, 2.45) is 0 Å². The molecule has 0 aliphatic carbocycles. The number of nitrogens with one attached hydrogen (secondary N) is 1. The molecule has 0 radical (unpaired) electrons. The smallest absolute Gasteiger partial charge is 0.310 e. The lowest BCUT2D eigenvalue weighted by Gasteiger charge is -2.03. The van der Waals surface area contributed by atoms with E-state index in [1.165, 1.54) is 0 Å². The number of hydrogen-bond donors (Lipinski definition) is 1. The quantitative estimate of drug-likeness (QED) is 0.725. The Labute approximate surface area is 129 Å². The first-order valence-electron chi connectivity index (χ1n) is 6.37. The number of hydroxylamine groups is 1. The first-order chi connectivity index (χ1) is 10.2. The average Bonchev–Trinajstić information content (AvgIpc) is 2.91. The van der Waals surface area contributed by atoms with Gasteiger partial charge in [0.1, 0.15) is 5.58 Å². The maximum Gasteiger partial charge on any atom is 0.310 e. The third kappa shape index (κ3) is 3.32. The van der Waals surface area contributed by atoms with Gasteiger partial charge in [0.25, 0.3) is 0 Å². The first kappa shape index (κ1) is 13.9. The van der Waals surface area contributed by atoms with Crippen LogP contribution < -0.4 is 5.48 Å². The summed E-state index contributed by atoms with van der Waals surface area (Å²) in [5, 5.41) is 0.859. The average molecular weight is 346 g/mol. The summed E-state index contributed by atoms with van der Waals surface area (Å²) in [5.74, 6) is -0.186. The van der Waals surface area contributed by atoms with E-state index in [-0.39, 0.29) is 5.76 Å². The predicted octanol–water partition coefficient (Wildman–Crippen LogP) is 4.06. The molecule has 4 nitrogen and oxygen atoms in total. The minimum Gasteiger partial charge on any atom is -0.451 e. The summed E-state index contributed by atoms with van der Waals surface area (Å²) >= 11 is 3.38. The van der Waals surface area contributed by atoms with Gasteiger partial charge in [-0.15, -0.1) is 0 Å². The number of halogens is 1. The Morgan fingerprint density at radius 2 is 1.95 bits per heavy atom. The van der Waals surface area contributed by atoms with Crippen molar-refractivity contribution in [3.05, 3.63) is 70.4 Å². The zero-order valence-corrected chi connectivity index (χ0v) is 12.6. The molecule has 3 aromatic rings. The molecule has 0 bridgehead atoms. The zero-order valence-electron chi connectivity index (χ0n) is 11.0. The van der Waals surface area contributed by atoms with Gasteiger partial charge in [0, 0.05) is 9.86 Å². The van der Waals surface area contributed by atoms with Crippen LogP contribution in [0.3, 0.4) is 0 Å². The highest BCUT2D eigenvalue weighted by atomic mass is 79.9. The van der Waals surface area contributed by atoms with Gasteiger partial charge in [0.2, 0.25) is 0 Å². The third-order valence-corrected chi connectivity index (χ3v) is 3.44. The van der Waals surface area contributed by atoms with E-state index in [4.69, 9.17) is 9.25 Å². The molecule has 0 saturated heterocycles. The van der Waals surface area contributed by atoms with Gasteiger partial charge in [-0.2, -0.15) is 0 Å². The summed E-state index contributed by atoms with van der Waals surface area (Å²) < 4.78 is 6.41. The van der Waals surface area contributed by atoms with Gasteiger partial charge in [0.15, 0.2) is 5.76 Å². The molecule has 1 amide bonds. The van der Waals surface area contributed by atoms with Gasteiger partial charge < -0.3 is 4.42 Å². The highest BCUT2D eigenvalue weighted by Crippen LogP contribution is 2.23. The topological polar surface area (TPSA) is 51.5 Å². The van der Waals surface area contributed by atoms with E-state index in [9.17, 15) is 4.79 Å². The molecule has 21 heavy (non-hydrogen) atoms. The fourth-order valence-electron chi connectivity index (χ4n) is 1.94. The zero-order chi connectivity index (χ0) is 14.7. The second-order valence-corrected chi connectivity index (χ2v) is 5.41. The molecule has 0 aliphatic rings. The van der Waals surface area contributed by atoms with Crippen LogP contribution in [0, 0.1) is 0 Å². The Morgan fingerprint density at radius 1 is 1.14 bits per heavy atom. The standard InChI is InChI=1S/C16H12BrNO3/c17-13-6-7-14-12(8-13)9-15(21-14)16(19)18-20-10-11-4-2-1-3-5-11/h1-9H,10H2,(H,18,19). The van der Waals surface area contributed by atoms with Gasteiger partial charge in [-0.25, -0.2) is 5.48 Å². The number of carbonyl (C=O) groups is 1. The summed E-state index contributed by atoms with van der Waals surface area (Å²) in [4.78, 5) is 17.1. The Morgan fingerprint density at radius 3 is 2.76 bits per heavy atom. The normalized spacial score (nSPS) is 10.7. The van der Waals surface area contributed by atoms with Gasteiger partial charge in [-0.3, -0.25) is 9.63 Å². The van der Waals surface area contributed by atoms with E-state index in [0.717, 1.165) is 15.4 Å². The van der Waals surface area contributed by atoms with Crippen molar-refractivity contribution >= 4 is 32.8 Å². The van der Waals surface area contributed by atoms with Crippen LogP contribution in [0.25, 0.3) is 11.0 Å². The van der Waals surface area contributed by atoms with E-state index in [0.29, 0.717) is 12.2 Å². The molecule has 3 rings (SSSR count). The van der Waals surface area contributed by atoms with Gasteiger partial charge in [-0.1, -0.05) is 46.3 Å². The highest BCUT2D eigenvalue weighted by molar-refractivity contribution is 9.10. The molecule has 0 spiro atoms. The molecule has 0 unspecified atom stereocenters. The van der Waals surface area contributed by atoms with E-state index in [1.807, 2.05) is 42.5 Å². The molecule has 0 atom stereocenters. The Bertz CT molecular complexity index is 768. The Kier molecular flexibility index (Phi) is 4.03. The van der Waals surface area contributed by atoms with Crippen LogP contribution in [0.1, 0.15) is 16.1 Å². The summed E-state index contributed by atoms with van der Waals surface area (Å²) in [7, 11) is 0. The predicted molar refractivity (Wildman–Crippen MR) is 82.6 cm³/mol. The minimum atomic E-state index is -0.404. The van der Waals surface area contributed by atoms with Crippen molar-refractivity contribution in [1.82, 2.24) is 5.48 Å². The van der Waals surface area contributed by atoms with Crippen LogP contribution >= 0.6 is 15.9 Å². The lowest BCUT2D eigenvalue weighted by molar-refractivity contribution is 0.0214. The number of furan rings is 1. The maximum absolute atomic E-state index is 11.9. The molecule has 2 aromatic carbocycles. The summed E-state index contributed by atoms with van der Waals surface area (Å²) in [6.07, 6.45) is 0. The van der Waals surface area contributed by atoms with Crippen molar-refractivity contribution in [2.75, 3.05) is 0 Å². The highest BCUT2D eigenvalue weighted by Gasteiger charge is 2.12. The number of carbonyl (C=O) groups excluding carboxylic acids is 1. The van der Waals surface area contributed by atoms with Crippen LogP contribution in [-0.2, 0) is 11.4 Å². The van der Waals surface area contributed by atoms with E-state index >= 15 is 0 Å². The monoisotopic (exact) mass is 345 g/mol. The Balaban J connectivity index is 1.64. The van der Waals surface area contributed by atoms with E-state index < -0.39 is 5.91 Å². The second kappa shape index (κ2) is 6.11. The van der Waals surface area contributed by atoms with Crippen LogP contribution in [0.2, 0.25) is 0 Å². The van der Waals surface area contributed by atoms with Gasteiger partial charge >= 0.3 is 5.91 Å². The maximum atomic E-state index is 11.9. The summed E-state index contributed by atoms with van der Waals surface area (Å²) in [6.45, 7) is 0.304. The molecule has 1 aromatic heterocycles. The summed E-state index contributed by atoms with van der Waals surface area (Å²) in [6, 6.07) is 16.8. The number of rotatable bonds is 4. The van der Waals surface area contributed by atoms with Gasteiger partial charge in [-0.05, 0) is 29.8 Å². The van der Waals surface area contributed by atoms with Crippen LogP contribution in [-0.4, -0.2) is 5.91 Å². The van der Waals surface area contributed by atoms with Crippen molar-refractivity contribution < 1.29 is 14.0 Å². The molecule has 0 saturated carbocycles. The Hall–Kier alpha value is -2.11. The second-order valence-electron chi connectivity index (χ2n) is 4.50. The van der Waals surface area contributed by atoms with Crippen LogP contribution in [0.15, 0.2) is 63.5 Å². The van der Waals surface area contributed by atoms with Crippen molar-refractivity contribution in [1.29, 1.82) is 0 Å². The van der Waals surface area contributed by atoms with Crippen molar-refractivity contribution in [2.45, 2.75) is 6.61 Å². The van der Waals surface area contributed by atoms with E-state index in [1.54, 1.807) is 12.1 Å². The molecule has 106 valence electrons. The number of hydrogen-bond acceptors (Lipinski definition) is 3. The van der Waals surface area contributed by atoms with E-state index in [2.05, 4.69) is 21.4 Å². The van der Waals surface area contributed by atoms with Crippen LogP contribution in [0.4, 0.5) is 0 Å². The molecule has 0 aliphatic heterocycles. The summed E-state index contributed by atoms with van der Waals surface area (Å²) in [5.41, 5.74) is 4.02. The molecule has 0 fully saturated rings. The van der Waals surface area contributed by atoms with Crippen molar-refractivity contribution in [3.63, 3.8) is 0 Å². The van der Waals surface area contributed by atoms with Gasteiger partial charge in [0.05, 0.1) is 6.61 Å². The molecule has 1 heterocycles. The van der Waals surface area contributed by atoms with Crippen molar-refractivity contribution in [3.8, 4) is 0 Å². The minimum absolute atomic E-state index is 0.219. The third-order valence-electron chi connectivity index (χ3n) is 2.95. The fourth-order valence-corrected chi connectivity index (χ4v) is 2.31. The lowest BCUT2D eigenvalue weighted by atomic mass is 10.2. The largest absolute Gasteiger partial charge is 0.451 e. The SMILES string of the molecule is O=C(NOCc1ccccc1)c1cc2cc(Br)ccc2o1. The number of amides is 1. The molecular formula is C16H12BrNO3. The molecular weight excluding hydrogens is 334 g/mol.